The molecule has 0 aliphatic heterocycles. The van der Waals surface area contributed by atoms with Crippen LogP contribution in [0.5, 0.6) is 0 Å². The average molecular weight is 871 g/mol. The molecule has 0 saturated heterocycles. The Hall–Kier alpha value is -8.50. The Morgan fingerprint density at radius 2 is 0.701 bits per heavy atom. The molecular formula is C64H42N2S. The smallest absolute Gasteiger partial charge is 0.0541 e. The van der Waals surface area contributed by atoms with E-state index in [1.807, 2.05) is 11.3 Å². The summed E-state index contributed by atoms with van der Waals surface area (Å²) in [7, 11) is 0. The van der Waals surface area contributed by atoms with Crippen molar-refractivity contribution in [2.75, 3.05) is 4.90 Å². The highest BCUT2D eigenvalue weighted by molar-refractivity contribution is 7.25. The van der Waals surface area contributed by atoms with E-state index in [0.29, 0.717) is 0 Å². The average Bonchev–Trinajstić information content (AvgIpc) is 3.96. The number of hydrogen-bond donors (Lipinski definition) is 0. The first-order valence-corrected chi connectivity index (χ1v) is 23.7. The zero-order valence-corrected chi connectivity index (χ0v) is 37.4. The minimum absolute atomic E-state index is 1.09. The van der Waals surface area contributed by atoms with E-state index in [2.05, 4.69) is 264 Å². The van der Waals surface area contributed by atoms with Gasteiger partial charge in [0.1, 0.15) is 0 Å². The van der Waals surface area contributed by atoms with Crippen LogP contribution >= 0.6 is 11.3 Å². The van der Waals surface area contributed by atoms with Gasteiger partial charge in [-0.05, 0) is 128 Å². The van der Waals surface area contributed by atoms with Crippen molar-refractivity contribution >= 4 is 81.1 Å². The Kier molecular flexibility index (Phi) is 9.40. The van der Waals surface area contributed by atoms with E-state index in [9.17, 15) is 0 Å². The lowest BCUT2D eigenvalue weighted by Gasteiger charge is -2.26. The van der Waals surface area contributed by atoms with E-state index < -0.39 is 0 Å². The molecule has 67 heavy (non-hydrogen) atoms. The zero-order valence-electron chi connectivity index (χ0n) is 36.6. The number of hydrogen-bond acceptors (Lipinski definition) is 2. The van der Waals surface area contributed by atoms with Gasteiger partial charge in [0.15, 0.2) is 0 Å². The topological polar surface area (TPSA) is 8.17 Å². The van der Waals surface area contributed by atoms with Crippen LogP contribution < -0.4 is 4.90 Å². The van der Waals surface area contributed by atoms with Gasteiger partial charge in [-0.3, -0.25) is 0 Å². The van der Waals surface area contributed by atoms with Crippen LogP contribution in [0.2, 0.25) is 0 Å². The fourth-order valence-corrected chi connectivity index (χ4v) is 11.4. The van der Waals surface area contributed by atoms with Gasteiger partial charge in [0.2, 0.25) is 0 Å². The first kappa shape index (κ1) is 38.9. The second-order valence-corrected chi connectivity index (χ2v) is 18.3. The van der Waals surface area contributed by atoms with Crippen LogP contribution in [0.4, 0.5) is 17.1 Å². The van der Waals surface area contributed by atoms with Crippen molar-refractivity contribution in [3.63, 3.8) is 0 Å². The molecule has 0 aliphatic rings. The Morgan fingerprint density at radius 3 is 1.27 bits per heavy atom. The van der Waals surface area contributed by atoms with Gasteiger partial charge in [-0.25, -0.2) is 0 Å². The zero-order chi connectivity index (χ0) is 44.3. The minimum Gasteiger partial charge on any atom is -0.311 e. The van der Waals surface area contributed by atoms with E-state index in [1.54, 1.807) is 0 Å². The van der Waals surface area contributed by atoms with Crippen LogP contribution in [0.25, 0.3) is 103 Å². The summed E-state index contributed by atoms with van der Waals surface area (Å²) in [6.07, 6.45) is 0. The standard InChI is InChI=1S/C64H42N2S/c1-2-13-45(14-3-1)53-20-10-15-48-16-11-21-54(63(48)53)46-31-39-50(40-32-46)65(51-41-33-47(34-42-51)55-22-12-26-62-64(55)58-19-6-9-25-61(58)67-62)49-35-27-43(28-36-49)44-29-37-52(38-30-44)66-59-23-7-4-17-56(59)57-18-5-8-24-60(57)66/h1-42H. The molecule has 13 aromatic rings. The molecule has 2 heterocycles. The minimum atomic E-state index is 1.09. The summed E-state index contributed by atoms with van der Waals surface area (Å²) in [5.41, 5.74) is 16.5. The molecule has 0 N–H and O–H groups in total. The monoisotopic (exact) mass is 870 g/mol. The SMILES string of the molecule is c1ccc(-c2cccc3cccc(-c4ccc(N(c5ccc(-c6ccc(-n7c8ccccc8c8ccccc87)cc6)cc5)c5ccc(-c6cccc7sc8ccccc8c67)cc5)cc4)c23)cc1. The van der Waals surface area contributed by atoms with Crippen LogP contribution in [0.3, 0.4) is 0 Å². The van der Waals surface area contributed by atoms with Gasteiger partial charge in [-0.1, -0.05) is 182 Å². The van der Waals surface area contributed by atoms with Crippen molar-refractivity contribution in [3.8, 4) is 50.2 Å². The normalized spacial score (nSPS) is 11.6. The van der Waals surface area contributed by atoms with Gasteiger partial charge >= 0.3 is 0 Å². The molecule has 11 aromatic carbocycles. The quantitative estimate of drug-likeness (QED) is 0.148. The molecule has 0 spiro atoms. The second kappa shape index (κ2) is 16.2. The fraction of sp³-hybridized carbons (Fsp3) is 0. The van der Waals surface area contributed by atoms with Crippen LogP contribution in [-0.2, 0) is 0 Å². The number of benzene rings is 11. The van der Waals surface area contributed by atoms with E-state index in [-0.39, 0.29) is 0 Å². The molecule has 3 heteroatoms. The van der Waals surface area contributed by atoms with Gasteiger partial charge in [0.05, 0.1) is 11.0 Å². The summed E-state index contributed by atoms with van der Waals surface area (Å²) in [6.45, 7) is 0. The molecule has 2 nitrogen and oxygen atoms in total. The van der Waals surface area contributed by atoms with Gasteiger partial charge < -0.3 is 9.47 Å². The molecule has 0 saturated carbocycles. The largest absolute Gasteiger partial charge is 0.311 e. The van der Waals surface area contributed by atoms with Gasteiger partial charge in [-0.15, -0.1) is 11.3 Å². The van der Waals surface area contributed by atoms with E-state index in [0.717, 1.165) is 22.7 Å². The van der Waals surface area contributed by atoms with Crippen molar-refractivity contribution in [1.82, 2.24) is 4.57 Å². The Balaban J connectivity index is 0.882. The molecule has 314 valence electrons. The van der Waals surface area contributed by atoms with Gasteiger partial charge in [0, 0.05) is 53.7 Å². The van der Waals surface area contributed by atoms with Crippen LogP contribution in [0, 0.1) is 0 Å². The summed E-state index contributed by atoms with van der Waals surface area (Å²) in [6, 6.07) is 93.0. The first-order chi connectivity index (χ1) is 33.2. The number of thiophene rings is 1. The molecule has 0 amide bonds. The summed E-state index contributed by atoms with van der Waals surface area (Å²) >= 11 is 1.86. The predicted molar refractivity (Wildman–Crippen MR) is 288 cm³/mol. The van der Waals surface area contributed by atoms with Crippen LogP contribution in [0.15, 0.2) is 255 Å². The number of fused-ring (bicyclic) bond motifs is 7. The Morgan fingerprint density at radius 1 is 0.284 bits per heavy atom. The number of rotatable bonds is 8. The highest BCUT2D eigenvalue weighted by atomic mass is 32.1. The molecule has 0 aliphatic carbocycles. The molecule has 0 radical (unpaired) electrons. The molecule has 0 fully saturated rings. The number of para-hydroxylation sites is 2. The lowest BCUT2D eigenvalue weighted by molar-refractivity contribution is 1.18. The highest BCUT2D eigenvalue weighted by Gasteiger charge is 2.18. The van der Waals surface area contributed by atoms with Crippen molar-refractivity contribution in [2.24, 2.45) is 0 Å². The third kappa shape index (κ3) is 6.71. The summed E-state index contributed by atoms with van der Waals surface area (Å²) in [5, 5.41) is 7.68. The molecule has 13 rings (SSSR count). The Bertz CT molecular complexity index is 3880. The van der Waals surface area contributed by atoms with Crippen molar-refractivity contribution in [1.29, 1.82) is 0 Å². The third-order valence-electron chi connectivity index (χ3n) is 13.4. The summed E-state index contributed by atoms with van der Waals surface area (Å²) in [5.74, 6) is 0. The maximum atomic E-state index is 2.38. The Labute approximate surface area is 393 Å². The molecule has 2 aromatic heterocycles. The van der Waals surface area contributed by atoms with E-state index >= 15 is 0 Å². The predicted octanol–water partition coefficient (Wildman–Crippen LogP) is 18.4. The van der Waals surface area contributed by atoms with Gasteiger partial charge in [-0.2, -0.15) is 0 Å². The molecule has 0 unspecified atom stereocenters. The van der Waals surface area contributed by atoms with Crippen molar-refractivity contribution in [3.05, 3.63) is 255 Å². The number of nitrogens with zero attached hydrogens (tertiary/aromatic N) is 2. The van der Waals surface area contributed by atoms with Gasteiger partial charge in [0.25, 0.3) is 0 Å². The van der Waals surface area contributed by atoms with Crippen LogP contribution in [-0.4, -0.2) is 4.57 Å². The lowest BCUT2D eigenvalue weighted by Crippen LogP contribution is -2.09. The number of anilines is 3. The third-order valence-corrected chi connectivity index (χ3v) is 14.6. The maximum Gasteiger partial charge on any atom is 0.0541 e. The highest BCUT2D eigenvalue weighted by Crippen LogP contribution is 2.43. The van der Waals surface area contributed by atoms with E-state index in [4.69, 9.17) is 0 Å². The van der Waals surface area contributed by atoms with E-state index in [1.165, 1.54) is 97.3 Å². The maximum absolute atomic E-state index is 2.38. The summed E-state index contributed by atoms with van der Waals surface area (Å²) < 4.78 is 5.00. The second-order valence-electron chi connectivity index (χ2n) is 17.2. The lowest BCUT2D eigenvalue weighted by atomic mass is 9.91. The van der Waals surface area contributed by atoms with Crippen molar-refractivity contribution in [2.45, 2.75) is 0 Å². The molecule has 0 atom stereocenters. The van der Waals surface area contributed by atoms with Crippen molar-refractivity contribution < 1.29 is 0 Å². The number of aromatic nitrogens is 1. The molecule has 0 bridgehead atoms. The fourth-order valence-electron chi connectivity index (χ4n) is 10.3. The summed E-state index contributed by atoms with van der Waals surface area (Å²) in [4.78, 5) is 2.38. The first-order valence-electron chi connectivity index (χ1n) is 22.9. The van der Waals surface area contributed by atoms with Crippen LogP contribution in [0.1, 0.15) is 0 Å². The molecular weight excluding hydrogens is 829 g/mol.